The molecule has 1 heterocycles. The van der Waals surface area contributed by atoms with E-state index in [2.05, 4.69) is 32.7 Å². The topological polar surface area (TPSA) is 48.9 Å². The Hall–Kier alpha value is -1.75. The number of nitrogens with one attached hydrogen (secondary N) is 2. The van der Waals surface area contributed by atoms with Crippen LogP contribution in [0.1, 0.15) is 38.7 Å². The quantitative estimate of drug-likeness (QED) is 0.595. The highest BCUT2D eigenvalue weighted by molar-refractivity contribution is 5.79. The Morgan fingerprint density at radius 3 is 2.46 bits per heavy atom. The van der Waals surface area contributed by atoms with E-state index in [1.165, 1.54) is 37.9 Å². The van der Waals surface area contributed by atoms with E-state index in [-0.39, 0.29) is 6.10 Å². The van der Waals surface area contributed by atoms with Gasteiger partial charge in [0.15, 0.2) is 5.96 Å². The summed E-state index contributed by atoms with van der Waals surface area (Å²) in [6, 6.07) is 8.21. The summed E-state index contributed by atoms with van der Waals surface area (Å²) in [5, 5.41) is 6.76. The van der Waals surface area contributed by atoms with Crippen LogP contribution in [0.5, 0.6) is 5.75 Å². The van der Waals surface area contributed by atoms with Gasteiger partial charge in [0.1, 0.15) is 5.75 Å². The highest BCUT2D eigenvalue weighted by atomic mass is 16.5. The summed E-state index contributed by atoms with van der Waals surface area (Å²) < 4.78 is 5.67. The molecule has 0 atom stereocenters. The standard InChI is InChI=1S/C19H32N4O/c1-16(2)24-18-9-7-17(8-10-18)15-22-19(20-3)21-11-14-23-12-5-4-6-13-23/h7-10,16H,4-6,11-15H2,1-3H3,(H2,20,21,22). The number of benzene rings is 1. The first-order chi connectivity index (χ1) is 11.7. The van der Waals surface area contributed by atoms with E-state index in [9.17, 15) is 0 Å². The molecule has 0 bridgehead atoms. The number of nitrogens with zero attached hydrogens (tertiary/aromatic N) is 2. The highest BCUT2D eigenvalue weighted by Crippen LogP contribution is 2.13. The molecule has 5 heteroatoms. The van der Waals surface area contributed by atoms with E-state index in [4.69, 9.17) is 4.74 Å². The van der Waals surface area contributed by atoms with Crippen molar-refractivity contribution in [2.75, 3.05) is 33.2 Å². The van der Waals surface area contributed by atoms with E-state index in [0.717, 1.165) is 31.3 Å². The Morgan fingerprint density at radius 1 is 1.12 bits per heavy atom. The molecule has 2 N–H and O–H groups in total. The van der Waals surface area contributed by atoms with Crippen molar-refractivity contribution in [3.05, 3.63) is 29.8 Å². The number of hydrogen-bond donors (Lipinski definition) is 2. The number of piperidine rings is 1. The maximum Gasteiger partial charge on any atom is 0.191 e. The summed E-state index contributed by atoms with van der Waals surface area (Å²) in [7, 11) is 1.82. The molecule has 0 unspecified atom stereocenters. The van der Waals surface area contributed by atoms with E-state index in [1.807, 2.05) is 33.0 Å². The lowest BCUT2D eigenvalue weighted by molar-refractivity contribution is 0.232. The maximum absolute atomic E-state index is 5.67. The minimum absolute atomic E-state index is 0.205. The first-order valence-electron chi connectivity index (χ1n) is 9.10. The SMILES string of the molecule is CN=C(NCCN1CCCCC1)NCc1ccc(OC(C)C)cc1. The minimum atomic E-state index is 0.205. The number of aliphatic imine (C=N–C) groups is 1. The lowest BCUT2D eigenvalue weighted by Crippen LogP contribution is -2.42. The van der Waals surface area contributed by atoms with Gasteiger partial charge in [-0.15, -0.1) is 0 Å². The van der Waals surface area contributed by atoms with Crippen molar-refractivity contribution < 1.29 is 4.74 Å². The van der Waals surface area contributed by atoms with Crippen LogP contribution in [-0.2, 0) is 6.54 Å². The van der Waals surface area contributed by atoms with Gasteiger partial charge in [0.05, 0.1) is 6.10 Å². The molecule has 0 amide bonds. The van der Waals surface area contributed by atoms with Crippen LogP contribution in [0.4, 0.5) is 0 Å². The second kappa shape index (κ2) is 10.2. The Labute approximate surface area is 146 Å². The van der Waals surface area contributed by atoms with Gasteiger partial charge in [-0.25, -0.2) is 0 Å². The Balaban J connectivity index is 1.68. The fourth-order valence-electron chi connectivity index (χ4n) is 2.88. The van der Waals surface area contributed by atoms with Crippen molar-refractivity contribution >= 4 is 5.96 Å². The van der Waals surface area contributed by atoms with Crippen molar-refractivity contribution in [3.63, 3.8) is 0 Å². The normalized spacial score (nSPS) is 16.2. The molecule has 0 radical (unpaired) electrons. The first-order valence-corrected chi connectivity index (χ1v) is 9.10. The second-order valence-corrected chi connectivity index (χ2v) is 6.57. The molecule has 1 aromatic rings. The molecular formula is C19H32N4O. The smallest absolute Gasteiger partial charge is 0.191 e. The van der Waals surface area contributed by atoms with Crippen molar-refractivity contribution in [2.45, 2.75) is 45.8 Å². The van der Waals surface area contributed by atoms with Crippen molar-refractivity contribution in [1.29, 1.82) is 0 Å². The first kappa shape index (κ1) is 18.6. The second-order valence-electron chi connectivity index (χ2n) is 6.57. The van der Waals surface area contributed by atoms with Gasteiger partial charge in [-0.05, 0) is 57.5 Å². The number of ether oxygens (including phenoxy) is 1. The van der Waals surface area contributed by atoms with Crippen LogP contribution in [-0.4, -0.2) is 50.2 Å². The third kappa shape index (κ3) is 6.79. The van der Waals surface area contributed by atoms with Crippen molar-refractivity contribution in [2.24, 2.45) is 4.99 Å². The summed E-state index contributed by atoms with van der Waals surface area (Å²) in [5.41, 5.74) is 1.21. The van der Waals surface area contributed by atoms with E-state index in [1.54, 1.807) is 0 Å². The van der Waals surface area contributed by atoms with E-state index < -0.39 is 0 Å². The summed E-state index contributed by atoms with van der Waals surface area (Å²) in [6.45, 7) is 9.31. The van der Waals surface area contributed by atoms with Gasteiger partial charge in [0.2, 0.25) is 0 Å². The molecule has 0 saturated carbocycles. The average Bonchev–Trinajstić information content (AvgIpc) is 2.59. The number of likely N-dealkylation sites (tertiary alicyclic amines) is 1. The molecule has 1 fully saturated rings. The zero-order valence-corrected chi connectivity index (χ0v) is 15.3. The zero-order valence-electron chi connectivity index (χ0n) is 15.3. The number of hydrogen-bond acceptors (Lipinski definition) is 3. The average molecular weight is 332 g/mol. The monoisotopic (exact) mass is 332 g/mol. The van der Waals surface area contributed by atoms with Gasteiger partial charge in [-0.1, -0.05) is 18.6 Å². The van der Waals surface area contributed by atoms with Gasteiger partial charge in [-0.2, -0.15) is 0 Å². The summed E-state index contributed by atoms with van der Waals surface area (Å²) in [6.07, 6.45) is 4.26. The summed E-state index contributed by atoms with van der Waals surface area (Å²) in [4.78, 5) is 6.82. The largest absolute Gasteiger partial charge is 0.491 e. The van der Waals surface area contributed by atoms with Crippen LogP contribution in [0.15, 0.2) is 29.3 Å². The molecule has 1 aliphatic heterocycles. The van der Waals surface area contributed by atoms with Crippen LogP contribution >= 0.6 is 0 Å². The van der Waals surface area contributed by atoms with Gasteiger partial charge < -0.3 is 20.3 Å². The van der Waals surface area contributed by atoms with Crippen LogP contribution in [0.2, 0.25) is 0 Å². The van der Waals surface area contributed by atoms with Crippen molar-refractivity contribution in [1.82, 2.24) is 15.5 Å². The highest BCUT2D eigenvalue weighted by Gasteiger charge is 2.09. The third-order valence-electron chi connectivity index (χ3n) is 4.15. The van der Waals surface area contributed by atoms with Gasteiger partial charge in [-0.3, -0.25) is 4.99 Å². The molecule has 5 nitrogen and oxygen atoms in total. The predicted molar refractivity (Wildman–Crippen MR) is 101 cm³/mol. The molecule has 0 aliphatic carbocycles. The van der Waals surface area contributed by atoms with Crippen LogP contribution in [0, 0.1) is 0 Å². The fraction of sp³-hybridized carbons (Fsp3) is 0.632. The molecule has 2 rings (SSSR count). The van der Waals surface area contributed by atoms with E-state index in [0.29, 0.717) is 0 Å². The molecule has 1 saturated heterocycles. The Bertz CT molecular complexity index is 493. The van der Waals surface area contributed by atoms with Crippen LogP contribution in [0.3, 0.4) is 0 Å². The van der Waals surface area contributed by atoms with Crippen LogP contribution in [0.25, 0.3) is 0 Å². The molecule has 24 heavy (non-hydrogen) atoms. The number of guanidine groups is 1. The van der Waals surface area contributed by atoms with Gasteiger partial charge >= 0.3 is 0 Å². The minimum Gasteiger partial charge on any atom is -0.491 e. The van der Waals surface area contributed by atoms with E-state index >= 15 is 0 Å². The van der Waals surface area contributed by atoms with Gasteiger partial charge in [0, 0.05) is 26.7 Å². The molecule has 1 aliphatic rings. The molecular weight excluding hydrogens is 300 g/mol. The molecule has 0 aromatic heterocycles. The predicted octanol–water partition coefficient (Wildman–Crippen LogP) is 2.62. The third-order valence-corrected chi connectivity index (χ3v) is 4.15. The summed E-state index contributed by atoms with van der Waals surface area (Å²) in [5.74, 6) is 1.77. The molecule has 1 aromatic carbocycles. The zero-order chi connectivity index (χ0) is 17.2. The maximum atomic E-state index is 5.67. The van der Waals surface area contributed by atoms with Crippen molar-refractivity contribution in [3.8, 4) is 5.75 Å². The van der Waals surface area contributed by atoms with Crippen LogP contribution < -0.4 is 15.4 Å². The number of rotatable bonds is 7. The van der Waals surface area contributed by atoms with Gasteiger partial charge in [0.25, 0.3) is 0 Å². The Kier molecular flexibility index (Phi) is 7.89. The Morgan fingerprint density at radius 2 is 1.83 bits per heavy atom. The summed E-state index contributed by atoms with van der Waals surface area (Å²) >= 11 is 0. The lowest BCUT2D eigenvalue weighted by atomic mass is 10.1. The fourth-order valence-corrected chi connectivity index (χ4v) is 2.88. The molecule has 134 valence electrons. The lowest BCUT2D eigenvalue weighted by Gasteiger charge is -2.26. The molecule has 0 spiro atoms.